The summed E-state index contributed by atoms with van der Waals surface area (Å²) in [7, 11) is 1.64. The molecule has 7 heteroatoms. The normalized spacial score (nSPS) is 13.9. The van der Waals surface area contributed by atoms with Crippen molar-refractivity contribution >= 4 is 0 Å². The molecule has 0 spiro atoms. The van der Waals surface area contributed by atoms with Gasteiger partial charge in [0.1, 0.15) is 0 Å². The van der Waals surface area contributed by atoms with Crippen molar-refractivity contribution in [3.63, 3.8) is 0 Å². The lowest BCUT2D eigenvalue weighted by Crippen LogP contribution is -2.35. The average Bonchev–Trinajstić information content (AvgIpc) is 3.24. The Morgan fingerprint density at radius 1 is 1.29 bits per heavy atom. The first-order valence-corrected chi connectivity index (χ1v) is 9.36. The smallest absolute Gasteiger partial charge is 0.256 e. The van der Waals surface area contributed by atoms with Crippen LogP contribution in [0.25, 0.3) is 11.6 Å². The van der Waals surface area contributed by atoms with Crippen molar-refractivity contribution < 1.29 is 13.9 Å². The van der Waals surface area contributed by atoms with E-state index in [0.717, 1.165) is 29.3 Å². The molecule has 1 N–H and O–H groups in total. The van der Waals surface area contributed by atoms with E-state index in [-0.39, 0.29) is 5.56 Å². The number of benzene rings is 1. The van der Waals surface area contributed by atoms with Gasteiger partial charge in [-0.05, 0) is 25.1 Å². The van der Waals surface area contributed by atoms with E-state index < -0.39 is 0 Å². The minimum atomic E-state index is -0.114. The van der Waals surface area contributed by atoms with Crippen LogP contribution in [-0.2, 0) is 19.5 Å². The fourth-order valence-electron chi connectivity index (χ4n) is 3.54. The van der Waals surface area contributed by atoms with Crippen molar-refractivity contribution in [1.82, 2.24) is 14.9 Å². The van der Waals surface area contributed by atoms with Gasteiger partial charge in [-0.25, -0.2) is 4.98 Å². The van der Waals surface area contributed by atoms with Gasteiger partial charge >= 0.3 is 0 Å². The number of rotatable bonds is 6. The number of methoxy groups -OCH3 is 1. The van der Waals surface area contributed by atoms with Gasteiger partial charge in [-0.1, -0.05) is 12.1 Å². The second-order valence-corrected chi connectivity index (χ2v) is 6.66. The van der Waals surface area contributed by atoms with Gasteiger partial charge in [0.2, 0.25) is 0 Å². The molecule has 1 aliphatic rings. The first kappa shape index (κ1) is 18.3. The number of nitrogens with zero attached hydrogens (tertiary/aromatic N) is 2. The number of ether oxygens (including phenoxy) is 2. The summed E-state index contributed by atoms with van der Waals surface area (Å²) in [6.45, 7) is 4.54. The fraction of sp³-hybridized carbons (Fsp3) is 0.333. The number of H-pyrrole nitrogens is 1. The van der Waals surface area contributed by atoms with E-state index in [1.807, 2.05) is 25.1 Å². The van der Waals surface area contributed by atoms with Gasteiger partial charge in [0.15, 0.2) is 23.1 Å². The molecule has 0 unspecified atom stereocenters. The predicted octanol–water partition coefficient (Wildman–Crippen LogP) is 3.00. The second kappa shape index (κ2) is 7.90. The highest BCUT2D eigenvalue weighted by Gasteiger charge is 2.23. The highest BCUT2D eigenvalue weighted by molar-refractivity contribution is 5.48. The van der Waals surface area contributed by atoms with Gasteiger partial charge in [-0.3, -0.25) is 9.69 Å². The quantitative estimate of drug-likeness (QED) is 0.707. The third-order valence-corrected chi connectivity index (χ3v) is 4.87. The average molecular weight is 381 g/mol. The van der Waals surface area contributed by atoms with Gasteiger partial charge in [0.25, 0.3) is 5.56 Å². The maximum atomic E-state index is 12.6. The van der Waals surface area contributed by atoms with Crippen molar-refractivity contribution in [2.24, 2.45) is 0 Å². The summed E-state index contributed by atoms with van der Waals surface area (Å²) in [6, 6.07) is 9.45. The maximum Gasteiger partial charge on any atom is 0.256 e. The van der Waals surface area contributed by atoms with Gasteiger partial charge in [-0.15, -0.1) is 0 Å². The van der Waals surface area contributed by atoms with Crippen LogP contribution in [-0.4, -0.2) is 35.1 Å². The molecule has 0 atom stereocenters. The number of hydrogen-bond donors (Lipinski definition) is 1. The zero-order valence-electron chi connectivity index (χ0n) is 16.0. The van der Waals surface area contributed by atoms with E-state index in [1.165, 1.54) is 0 Å². The molecule has 7 nitrogen and oxygen atoms in total. The van der Waals surface area contributed by atoms with E-state index in [4.69, 9.17) is 13.9 Å². The van der Waals surface area contributed by atoms with E-state index in [2.05, 4.69) is 14.9 Å². The number of fused-ring (bicyclic) bond motifs is 1. The topological polar surface area (TPSA) is 80.6 Å². The third-order valence-electron chi connectivity index (χ3n) is 4.87. The first-order chi connectivity index (χ1) is 13.7. The van der Waals surface area contributed by atoms with E-state index in [1.54, 1.807) is 25.5 Å². The summed E-state index contributed by atoms with van der Waals surface area (Å²) in [4.78, 5) is 22.3. The molecule has 3 aromatic rings. The molecular weight excluding hydrogens is 358 g/mol. The van der Waals surface area contributed by atoms with Gasteiger partial charge in [0, 0.05) is 31.6 Å². The molecule has 1 aliphatic heterocycles. The van der Waals surface area contributed by atoms with Crippen LogP contribution < -0.4 is 15.0 Å². The predicted molar refractivity (Wildman–Crippen MR) is 105 cm³/mol. The number of para-hydroxylation sites is 1. The molecule has 4 rings (SSSR count). The van der Waals surface area contributed by atoms with Crippen LogP contribution in [0.2, 0.25) is 0 Å². The van der Waals surface area contributed by atoms with Crippen LogP contribution >= 0.6 is 0 Å². The van der Waals surface area contributed by atoms with Crippen molar-refractivity contribution in [2.45, 2.75) is 26.4 Å². The van der Waals surface area contributed by atoms with Gasteiger partial charge < -0.3 is 18.9 Å². The van der Waals surface area contributed by atoms with E-state index in [9.17, 15) is 4.79 Å². The van der Waals surface area contributed by atoms with Crippen molar-refractivity contribution in [3.8, 4) is 23.1 Å². The number of aromatic amines is 1. The number of hydrogen-bond acceptors (Lipinski definition) is 6. The summed E-state index contributed by atoms with van der Waals surface area (Å²) < 4.78 is 16.6. The van der Waals surface area contributed by atoms with Crippen LogP contribution in [0.4, 0.5) is 0 Å². The Hall–Kier alpha value is -3.06. The molecular formula is C21H23N3O4. The van der Waals surface area contributed by atoms with Crippen LogP contribution in [0.5, 0.6) is 11.5 Å². The number of aromatic nitrogens is 2. The summed E-state index contributed by atoms with van der Waals surface area (Å²) in [5.41, 5.74) is 2.47. The number of furan rings is 1. The minimum Gasteiger partial charge on any atom is -0.493 e. The Kier molecular flexibility index (Phi) is 5.16. The molecule has 0 aliphatic carbocycles. The molecule has 146 valence electrons. The van der Waals surface area contributed by atoms with Crippen LogP contribution in [0.15, 0.2) is 45.8 Å². The molecule has 2 aromatic heterocycles. The maximum absolute atomic E-state index is 12.6. The largest absolute Gasteiger partial charge is 0.493 e. The van der Waals surface area contributed by atoms with Crippen molar-refractivity contribution in [1.29, 1.82) is 0 Å². The summed E-state index contributed by atoms with van der Waals surface area (Å²) in [6.07, 6.45) is 2.28. The molecule has 28 heavy (non-hydrogen) atoms. The monoisotopic (exact) mass is 381 g/mol. The van der Waals surface area contributed by atoms with E-state index in [0.29, 0.717) is 43.3 Å². The van der Waals surface area contributed by atoms with Crippen molar-refractivity contribution in [2.75, 3.05) is 20.3 Å². The molecule has 0 fully saturated rings. The van der Waals surface area contributed by atoms with E-state index >= 15 is 0 Å². The van der Waals surface area contributed by atoms with Crippen LogP contribution in [0, 0.1) is 0 Å². The second-order valence-electron chi connectivity index (χ2n) is 6.66. The first-order valence-electron chi connectivity index (χ1n) is 9.36. The molecule has 0 saturated carbocycles. The molecule has 0 radical (unpaired) electrons. The Labute approximate surface area is 162 Å². The molecule has 3 heterocycles. The Bertz CT molecular complexity index is 1010. The Morgan fingerprint density at radius 2 is 2.18 bits per heavy atom. The summed E-state index contributed by atoms with van der Waals surface area (Å²) >= 11 is 0. The lowest BCUT2D eigenvalue weighted by atomic mass is 10.1. The summed E-state index contributed by atoms with van der Waals surface area (Å²) in [5, 5.41) is 0. The standard InChI is InChI=1S/C21H23N3O4/c1-3-27-19-14(6-4-7-17(19)26-2)12-24-10-9-16-15(13-24)21(25)23-20(22-16)18-8-5-11-28-18/h4-8,11H,3,9-10,12-13H2,1-2H3,(H,22,23,25). The minimum absolute atomic E-state index is 0.114. The molecule has 0 saturated heterocycles. The Morgan fingerprint density at radius 3 is 2.93 bits per heavy atom. The molecule has 0 amide bonds. The Balaban J connectivity index is 1.58. The lowest BCUT2D eigenvalue weighted by molar-refractivity contribution is 0.233. The van der Waals surface area contributed by atoms with Crippen molar-refractivity contribution in [3.05, 3.63) is 63.8 Å². The SMILES string of the molecule is CCOc1c(CN2CCc3nc(-c4ccco4)[nH]c(=O)c3C2)cccc1OC. The highest BCUT2D eigenvalue weighted by Crippen LogP contribution is 2.32. The summed E-state index contributed by atoms with van der Waals surface area (Å²) in [5.74, 6) is 2.53. The van der Waals surface area contributed by atoms with Crippen LogP contribution in [0.3, 0.4) is 0 Å². The molecule has 1 aromatic carbocycles. The third kappa shape index (κ3) is 3.53. The highest BCUT2D eigenvalue weighted by atomic mass is 16.5. The zero-order chi connectivity index (χ0) is 19.5. The number of nitrogens with one attached hydrogen (secondary N) is 1. The van der Waals surface area contributed by atoms with Crippen LogP contribution in [0.1, 0.15) is 23.7 Å². The zero-order valence-corrected chi connectivity index (χ0v) is 16.0. The molecule has 0 bridgehead atoms. The van der Waals surface area contributed by atoms with Gasteiger partial charge in [-0.2, -0.15) is 0 Å². The lowest BCUT2D eigenvalue weighted by Gasteiger charge is -2.28. The van der Waals surface area contributed by atoms with Gasteiger partial charge in [0.05, 0.1) is 31.2 Å². The fourth-order valence-corrected chi connectivity index (χ4v) is 3.54.